The van der Waals surface area contributed by atoms with Crippen molar-refractivity contribution < 1.29 is 14.0 Å². The second kappa shape index (κ2) is 8.13. The van der Waals surface area contributed by atoms with Gasteiger partial charge in [0.25, 0.3) is 0 Å². The van der Waals surface area contributed by atoms with Crippen molar-refractivity contribution in [3.05, 3.63) is 64.0 Å². The number of anilines is 1. The highest BCUT2D eigenvalue weighted by atomic mass is 35.5. The van der Waals surface area contributed by atoms with Crippen LogP contribution in [0.2, 0.25) is 5.02 Å². The minimum Gasteiger partial charge on any atom is -0.469 e. The van der Waals surface area contributed by atoms with Gasteiger partial charge in [-0.25, -0.2) is 0 Å². The number of nitrogens with zero attached hydrogens (tertiary/aromatic N) is 1. The Hall–Kier alpha value is -2.69. The smallest absolute Gasteiger partial charge is 0.234 e. The monoisotopic (exact) mass is 387 g/mol. The van der Waals surface area contributed by atoms with Gasteiger partial charge in [-0.1, -0.05) is 35.5 Å². The lowest BCUT2D eigenvalue weighted by Gasteiger charge is -2.23. The number of thioether (sulfide) groups is 1. The summed E-state index contributed by atoms with van der Waals surface area (Å²) in [6, 6.07) is 12.5. The number of rotatable bonds is 5. The summed E-state index contributed by atoms with van der Waals surface area (Å²) in [7, 11) is 0. The number of hydrogen-bond acceptors (Lipinski definition) is 5. The maximum Gasteiger partial charge on any atom is 0.234 e. The van der Waals surface area contributed by atoms with Crippen LogP contribution >= 0.6 is 23.4 Å². The molecule has 0 aliphatic carbocycles. The third kappa shape index (κ3) is 4.10. The molecule has 2 heterocycles. The van der Waals surface area contributed by atoms with Gasteiger partial charge in [0.2, 0.25) is 11.8 Å². The molecule has 1 aliphatic heterocycles. The molecule has 6 nitrogen and oxygen atoms in total. The summed E-state index contributed by atoms with van der Waals surface area (Å²) in [5.74, 6) is -0.383. The average molecular weight is 388 g/mol. The zero-order valence-electron chi connectivity index (χ0n) is 13.5. The van der Waals surface area contributed by atoms with Crippen molar-refractivity contribution in [3.8, 4) is 6.07 Å². The first-order valence-corrected chi connectivity index (χ1v) is 9.09. The fourth-order valence-electron chi connectivity index (χ4n) is 2.55. The first-order chi connectivity index (χ1) is 12.6. The molecule has 0 bridgehead atoms. The number of halogens is 1. The number of allylic oxidation sites excluding steroid dienone is 1. The van der Waals surface area contributed by atoms with Crippen LogP contribution < -0.4 is 10.6 Å². The van der Waals surface area contributed by atoms with Crippen molar-refractivity contribution in [1.29, 1.82) is 5.26 Å². The molecule has 0 saturated carbocycles. The molecular formula is C18H14ClN3O3S. The van der Waals surface area contributed by atoms with Crippen molar-refractivity contribution in [2.45, 2.75) is 12.3 Å². The maximum absolute atomic E-state index is 12.2. The predicted molar refractivity (Wildman–Crippen MR) is 99.4 cm³/mol. The zero-order chi connectivity index (χ0) is 18.5. The summed E-state index contributed by atoms with van der Waals surface area (Å²) in [4.78, 5) is 24.2. The molecular weight excluding hydrogens is 374 g/mol. The Bertz CT molecular complexity index is 903. The van der Waals surface area contributed by atoms with E-state index in [1.807, 2.05) is 0 Å². The van der Waals surface area contributed by atoms with Crippen LogP contribution in [0, 0.1) is 11.3 Å². The third-order valence-electron chi connectivity index (χ3n) is 3.74. The Balaban J connectivity index is 1.72. The van der Waals surface area contributed by atoms with Gasteiger partial charge >= 0.3 is 0 Å². The molecule has 1 aromatic heterocycles. The zero-order valence-corrected chi connectivity index (χ0v) is 15.1. The molecule has 132 valence electrons. The number of hydrogen-bond donors (Lipinski definition) is 2. The van der Waals surface area contributed by atoms with Crippen LogP contribution in [0.25, 0.3) is 0 Å². The molecule has 8 heteroatoms. The Morgan fingerprint density at radius 2 is 2.19 bits per heavy atom. The normalized spacial score (nSPS) is 16.8. The molecule has 3 rings (SSSR count). The van der Waals surface area contributed by atoms with E-state index in [0.29, 0.717) is 27.1 Å². The minimum absolute atomic E-state index is 0.0247. The molecule has 0 spiro atoms. The molecule has 26 heavy (non-hydrogen) atoms. The van der Waals surface area contributed by atoms with Gasteiger partial charge in [-0.3, -0.25) is 9.59 Å². The Kier molecular flexibility index (Phi) is 5.66. The van der Waals surface area contributed by atoms with Crippen molar-refractivity contribution in [1.82, 2.24) is 5.32 Å². The van der Waals surface area contributed by atoms with E-state index in [1.54, 1.807) is 36.4 Å². The summed E-state index contributed by atoms with van der Waals surface area (Å²) >= 11 is 7.11. The SMILES string of the molecule is N#CC1=C(SCC(=O)Nc2ccccc2Cl)NC(=O)C[C@@H]1c1ccco1. The molecule has 0 radical (unpaired) electrons. The second-order valence-corrected chi connectivity index (χ2v) is 6.88. The van der Waals surface area contributed by atoms with Crippen LogP contribution in [0.5, 0.6) is 0 Å². The van der Waals surface area contributed by atoms with Gasteiger partial charge in [0.05, 0.1) is 45.3 Å². The number of carbonyl (C=O) groups is 2. The summed E-state index contributed by atoms with van der Waals surface area (Å²) in [6.07, 6.45) is 1.63. The molecule has 1 aromatic carbocycles. The fraction of sp³-hybridized carbons (Fsp3) is 0.167. The van der Waals surface area contributed by atoms with E-state index >= 15 is 0 Å². The van der Waals surface area contributed by atoms with Gasteiger partial charge in [0, 0.05) is 6.42 Å². The number of benzene rings is 1. The topological polar surface area (TPSA) is 95.1 Å². The van der Waals surface area contributed by atoms with Crippen LogP contribution in [0.3, 0.4) is 0 Å². The molecule has 1 atom stereocenters. The number of para-hydroxylation sites is 1. The highest BCUT2D eigenvalue weighted by Gasteiger charge is 2.31. The van der Waals surface area contributed by atoms with Crippen LogP contribution in [0.1, 0.15) is 18.1 Å². The molecule has 0 saturated heterocycles. The van der Waals surface area contributed by atoms with E-state index in [0.717, 1.165) is 11.8 Å². The van der Waals surface area contributed by atoms with Crippen molar-refractivity contribution in [3.63, 3.8) is 0 Å². The lowest BCUT2D eigenvalue weighted by Crippen LogP contribution is -2.31. The molecule has 0 fully saturated rings. The van der Waals surface area contributed by atoms with Crippen LogP contribution in [0.4, 0.5) is 5.69 Å². The molecule has 2 N–H and O–H groups in total. The highest BCUT2D eigenvalue weighted by Crippen LogP contribution is 2.36. The van der Waals surface area contributed by atoms with Crippen LogP contribution in [-0.2, 0) is 9.59 Å². The number of amides is 2. The first-order valence-electron chi connectivity index (χ1n) is 7.73. The van der Waals surface area contributed by atoms with Gasteiger partial charge in [-0.05, 0) is 24.3 Å². The lowest BCUT2D eigenvalue weighted by atomic mass is 9.92. The first kappa shape index (κ1) is 18.1. The third-order valence-corrected chi connectivity index (χ3v) is 5.08. The average Bonchev–Trinajstić information content (AvgIpc) is 3.16. The standard InChI is InChI=1S/C18H14ClN3O3S/c19-13-4-1-2-5-14(13)21-17(24)10-26-18-12(9-20)11(8-16(23)22-18)15-6-3-7-25-15/h1-7,11H,8,10H2,(H,21,24)(H,22,23)/t11-/m0/s1. The second-order valence-electron chi connectivity index (χ2n) is 5.49. The molecule has 2 amide bonds. The van der Waals surface area contributed by atoms with E-state index < -0.39 is 5.92 Å². The van der Waals surface area contributed by atoms with E-state index in [1.165, 1.54) is 6.26 Å². The van der Waals surface area contributed by atoms with Crippen LogP contribution in [-0.4, -0.2) is 17.6 Å². The number of nitriles is 1. The van der Waals surface area contributed by atoms with Crippen molar-refractivity contribution in [2.24, 2.45) is 0 Å². The van der Waals surface area contributed by atoms with Crippen molar-refractivity contribution >= 4 is 40.9 Å². The van der Waals surface area contributed by atoms with E-state index in [-0.39, 0.29) is 24.0 Å². The minimum atomic E-state index is -0.446. The van der Waals surface area contributed by atoms with Gasteiger partial charge in [0.1, 0.15) is 5.76 Å². The number of nitrogens with one attached hydrogen (secondary N) is 2. The Labute approximate surface area is 159 Å². The molecule has 2 aromatic rings. The summed E-state index contributed by atoms with van der Waals surface area (Å²) in [6.45, 7) is 0. The largest absolute Gasteiger partial charge is 0.469 e. The van der Waals surface area contributed by atoms with Gasteiger partial charge in [-0.2, -0.15) is 5.26 Å². The van der Waals surface area contributed by atoms with Gasteiger partial charge < -0.3 is 15.1 Å². The van der Waals surface area contributed by atoms with Gasteiger partial charge in [0.15, 0.2) is 0 Å². The highest BCUT2D eigenvalue weighted by molar-refractivity contribution is 8.03. The van der Waals surface area contributed by atoms with Crippen LogP contribution in [0.15, 0.2) is 57.7 Å². The summed E-state index contributed by atoms with van der Waals surface area (Å²) < 4.78 is 5.35. The Morgan fingerprint density at radius 3 is 2.88 bits per heavy atom. The number of carbonyl (C=O) groups excluding carboxylic acids is 2. The maximum atomic E-state index is 12.2. The summed E-state index contributed by atoms with van der Waals surface area (Å²) in [5, 5.41) is 15.7. The number of furan rings is 1. The van der Waals surface area contributed by atoms with E-state index in [9.17, 15) is 14.9 Å². The Morgan fingerprint density at radius 1 is 1.38 bits per heavy atom. The quantitative estimate of drug-likeness (QED) is 0.816. The van der Waals surface area contributed by atoms with E-state index in [4.69, 9.17) is 16.0 Å². The predicted octanol–water partition coefficient (Wildman–Crippen LogP) is 3.64. The van der Waals surface area contributed by atoms with Gasteiger partial charge in [-0.15, -0.1) is 0 Å². The van der Waals surface area contributed by atoms with E-state index in [2.05, 4.69) is 16.7 Å². The lowest BCUT2D eigenvalue weighted by molar-refractivity contribution is -0.121. The molecule has 1 aliphatic rings. The fourth-order valence-corrected chi connectivity index (χ4v) is 3.61. The molecule has 0 unspecified atom stereocenters. The summed E-state index contributed by atoms with van der Waals surface area (Å²) in [5.41, 5.74) is 0.894. The van der Waals surface area contributed by atoms with Crippen molar-refractivity contribution in [2.75, 3.05) is 11.1 Å².